The monoisotopic (exact) mass is 408 g/mol. The van der Waals surface area contributed by atoms with Crippen LogP contribution in [-0.4, -0.2) is 77.2 Å². The van der Waals surface area contributed by atoms with E-state index >= 15 is 0 Å². The third-order valence-corrected chi connectivity index (χ3v) is 6.17. The molecule has 7 heteroatoms. The van der Waals surface area contributed by atoms with Crippen molar-refractivity contribution in [2.75, 3.05) is 45.5 Å². The number of likely N-dealkylation sites (N-methyl/N-ethyl adjacent to an activating group) is 1. The smallest absolute Gasteiger partial charge is 0.261 e. The van der Waals surface area contributed by atoms with Gasteiger partial charge in [0.2, 0.25) is 0 Å². The molecule has 0 aliphatic carbocycles. The molecule has 2 aliphatic heterocycles. The van der Waals surface area contributed by atoms with Crippen molar-refractivity contribution in [3.05, 3.63) is 65.7 Å². The Kier molecular flexibility index (Phi) is 5.97. The zero-order chi connectivity index (χ0) is 20.2. The number of piperazine rings is 1. The number of nitrogens with zero attached hydrogens (tertiary/aromatic N) is 4. The number of carbonyl (C=O) groups is 2. The SMILES string of the molecule is CN1CCN(C(=Nc2ccccc2)SCCN2C(=O)c3ccccc3C2=O)CC1. The van der Waals surface area contributed by atoms with E-state index in [0.29, 0.717) is 23.4 Å². The maximum absolute atomic E-state index is 12.6. The molecular weight excluding hydrogens is 384 g/mol. The molecule has 2 aromatic rings. The lowest BCUT2D eigenvalue weighted by Crippen LogP contribution is -2.46. The molecule has 0 unspecified atom stereocenters. The summed E-state index contributed by atoms with van der Waals surface area (Å²) in [5.41, 5.74) is 1.91. The van der Waals surface area contributed by atoms with Crippen molar-refractivity contribution in [2.45, 2.75) is 0 Å². The van der Waals surface area contributed by atoms with Crippen molar-refractivity contribution in [2.24, 2.45) is 4.99 Å². The van der Waals surface area contributed by atoms with E-state index in [1.807, 2.05) is 30.3 Å². The molecule has 1 saturated heterocycles. The number of fused-ring (bicyclic) bond motifs is 1. The predicted octanol–water partition coefficient (Wildman–Crippen LogP) is 2.95. The number of thioether (sulfide) groups is 1. The molecule has 0 radical (unpaired) electrons. The number of hydrogen-bond acceptors (Lipinski definition) is 5. The molecule has 0 saturated carbocycles. The Morgan fingerprint density at radius 1 is 0.897 bits per heavy atom. The molecule has 2 heterocycles. The number of carbonyl (C=O) groups excluding carboxylic acids is 2. The second kappa shape index (κ2) is 8.80. The molecule has 0 bridgehead atoms. The third kappa shape index (κ3) is 4.36. The Balaban J connectivity index is 1.44. The van der Waals surface area contributed by atoms with E-state index in [2.05, 4.69) is 16.8 Å². The Bertz CT molecular complexity index is 888. The predicted molar refractivity (Wildman–Crippen MR) is 117 cm³/mol. The quantitative estimate of drug-likeness (QED) is 0.442. The van der Waals surface area contributed by atoms with Gasteiger partial charge in [-0.3, -0.25) is 14.5 Å². The molecule has 0 spiro atoms. The lowest BCUT2D eigenvalue weighted by atomic mass is 10.1. The fourth-order valence-electron chi connectivity index (χ4n) is 3.48. The van der Waals surface area contributed by atoms with Crippen LogP contribution in [0.5, 0.6) is 0 Å². The molecule has 0 N–H and O–H groups in total. The highest BCUT2D eigenvalue weighted by atomic mass is 32.2. The summed E-state index contributed by atoms with van der Waals surface area (Å²) >= 11 is 1.61. The highest BCUT2D eigenvalue weighted by Crippen LogP contribution is 2.24. The van der Waals surface area contributed by atoms with Gasteiger partial charge in [0.15, 0.2) is 5.17 Å². The van der Waals surface area contributed by atoms with Crippen molar-refractivity contribution in [3.8, 4) is 0 Å². The number of benzene rings is 2. The van der Waals surface area contributed by atoms with Crippen molar-refractivity contribution in [3.63, 3.8) is 0 Å². The highest BCUT2D eigenvalue weighted by molar-refractivity contribution is 8.13. The zero-order valence-corrected chi connectivity index (χ0v) is 17.3. The fraction of sp³-hybridized carbons (Fsp3) is 0.318. The van der Waals surface area contributed by atoms with E-state index in [1.165, 1.54) is 4.90 Å². The molecule has 6 nitrogen and oxygen atoms in total. The minimum absolute atomic E-state index is 0.202. The summed E-state index contributed by atoms with van der Waals surface area (Å²) in [7, 11) is 2.13. The summed E-state index contributed by atoms with van der Waals surface area (Å²) in [5, 5.41) is 0.945. The van der Waals surface area contributed by atoms with Gasteiger partial charge in [0.05, 0.1) is 16.8 Å². The van der Waals surface area contributed by atoms with Crippen LogP contribution in [-0.2, 0) is 0 Å². The van der Waals surface area contributed by atoms with Gasteiger partial charge >= 0.3 is 0 Å². The fourth-order valence-corrected chi connectivity index (χ4v) is 4.47. The van der Waals surface area contributed by atoms with Crippen LogP contribution in [0.1, 0.15) is 20.7 Å². The van der Waals surface area contributed by atoms with E-state index < -0.39 is 0 Å². The number of amides is 2. The van der Waals surface area contributed by atoms with Gasteiger partial charge in [-0.2, -0.15) is 0 Å². The number of aliphatic imine (C=N–C) groups is 1. The summed E-state index contributed by atoms with van der Waals surface area (Å²) in [6.07, 6.45) is 0. The van der Waals surface area contributed by atoms with Crippen LogP contribution in [0.4, 0.5) is 5.69 Å². The second-order valence-corrected chi connectivity index (χ2v) is 8.24. The maximum Gasteiger partial charge on any atom is 0.261 e. The van der Waals surface area contributed by atoms with Crippen LogP contribution in [0.25, 0.3) is 0 Å². The lowest BCUT2D eigenvalue weighted by Gasteiger charge is -2.34. The van der Waals surface area contributed by atoms with Crippen LogP contribution in [0.15, 0.2) is 59.6 Å². The van der Waals surface area contributed by atoms with Gasteiger partial charge in [0.25, 0.3) is 11.8 Å². The average Bonchev–Trinajstić information content (AvgIpc) is 2.99. The highest BCUT2D eigenvalue weighted by Gasteiger charge is 2.34. The molecule has 1 fully saturated rings. The van der Waals surface area contributed by atoms with Gasteiger partial charge in [-0.1, -0.05) is 42.1 Å². The topological polar surface area (TPSA) is 56.2 Å². The van der Waals surface area contributed by atoms with Gasteiger partial charge in [-0.05, 0) is 31.3 Å². The lowest BCUT2D eigenvalue weighted by molar-refractivity contribution is 0.0664. The van der Waals surface area contributed by atoms with E-state index in [4.69, 9.17) is 4.99 Å². The number of rotatable bonds is 4. The van der Waals surface area contributed by atoms with Crippen LogP contribution in [0, 0.1) is 0 Å². The first-order valence-electron chi connectivity index (χ1n) is 9.79. The Morgan fingerprint density at radius 3 is 2.10 bits per heavy atom. The van der Waals surface area contributed by atoms with Gasteiger partial charge in [0, 0.05) is 38.5 Å². The molecule has 0 aromatic heterocycles. The largest absolute Gasteiger partial charge is 0.349 e. The van der Waals surface area contributed by atoms with Gasteiger partial charge in [-0.25, -0.2) is 4.99 Å². The number of amidine groups is 1. The molecule has 29 heavy (non-hydrogen) atoms. The van der Waals surface area contributed by atoms with E-state index in [1.54, 1.807) is 36.0 Å². The zero-order valence-electron chi connectivity index (χ0n) is 16.5. The Labute approximate surface area is 175 Å². The van der Waals surface area contributed by atoms with Crippen molar-refractivity contribution >= 4 is 34.4 Å². The number of imide groups is 1. The average molecular weight is 409 g/mol. The summed E-state index contributed by atoms with van der Waals surface area (Å²) in [6, 6.07) is 16.9. The van der Waals surface area contributed by atoms with Crippen LogP contribution < -0.4 is 0 Å². The minimum atomic E-state index is -0.202. The van der Waals surface area contributed by atoms with E-state index in [0.717, 1.165) is 37.0 Å². The summed E-state index contributed by atoms with van der Waals surface area (Å²) < 4.78 is 0. The van der Waals surface area contributed by atoms with Crippen LogP contribution in [0.3, 0.4) is 0 Å². The van der Waals surface area contributed by atoms with Crippen molar-refractivity contribution in [1.29, 1.82) is 0 Å². The summed E-state index contributed by atoms with van der Waals surface area (Å²) in [4.78, 5) is 35.9. The standard InChI is InChI=1S/C22H24N4O2S/c1-24-11-13-25(14-12-24)22(23-17-7-3-2-4-8-17)29-16-15-26-20(27)18-9-5-6-10-19(18)21(26)28/h2-10H,11-16H2,1H3. The Hall–Kier alpha value is -2.64. The van der Waals surface area contributed by atoms with Gasteiger partial charge < -0.3 is 9.80 Å². The molecular formula is C22H24N4O2S. The Morgan fingerprint density at radius 2 is 1.48 bits per heavy atom. The van der Waals surface area contributed by atoms with Crippen molar-refractivity contribution < 1.29 is 9.59 Å². The van der Waals surface area contributed by atoms with Crippen molar-refractivity contribution in [1.82, 2.24) is 14.7 Å². The van der Waals surface area contributed by atoms with Gasteiger partial charge in [-0.15, -0.1) is 0 Å². The first kappa shape index (κ1) is 19.7. The molecule has 150 valence electrons. The van der Waals surface area contributed by atoms with E-state index in [9.17, 15) is 9.59 Å². The summed E-state index contributed by atoms with van der Waals surface area (Å²) in [6.45, 7) is 4.20. The molecule has 0 atom stereocenters. The van der Waals surface area contributed by atoms with Crippen LogP contribution in [0.2, 0.25) is 0 Å². The minimum Gasteiger partial charge on any atom is -0.349 e. The first-order chi connectivity index (χ1) is 14.1. The first-order valence-corrected chi connectivity index (χ1v) is 10.8. The van der Waals surface area contributed by atoms with Gasteiger partial charge in [0.1, 0.15) is 0 Å². The summed E-state index contributed by atoms with van der Waals surface area (Å²) in [5.74, 6) is 0.211. The number of para-hydroxylation sites is 1. The normalized spacial score (nSPS) is 17.8. The third-order valence-electron chi connectivity index (χ3n) is 5.18. The molecule has 2 amide bonds. The van der Waals surface area contributed by atoms with E-state index in [-0.39, 0.29) is 11.8 Å². The second-order valence-electron chi connectivity index (χ2n) is 7.18. The maximum atomic E-state index is 12.6. The molecule has 2 aromatic carbocycles. The molecule has 2 aliphatic rings. The van der Waals surface area contributed by atoms with Crippen LogP contribution >= 0.6 is 11.8 Å². The molecule has 4 rings (SSSR count). The number of hydrogen-bond donors (Lipinski definition) is 0.